The second-order valence-electron chi connectivity index (χ2n) is 7.40. The number of rotatable bonds is 5. The molecule has 156 valence electrons. The first-order valence-electron chi connectivity index (χ1n) is 9.81. The molecule has 0 unspecified atom stereocenters. The van der Waals surface area contributed by atoms with Crippen LogP contribution in [-0.4, -0.2) is 58.3 Å². The first-order chi connectivity index (χ1) is 14.5. The molecule has 1 aromatic carbocycles. The summed E-state index contributed by atoms with van der Waals surface area (Å²) in [6, 6.07) is 8.13. The van der Waals surface area contributed by atoms with Crippen LogP contribution < -0.4 is 16.0 Å². The molecule has 0 amide bonds. The first-order valence-corrected chi connectivity index (χ1v) is 9.81. The smallest absolute Gasteiger partial charge is 0.161 e. The van der Waals surface area contributed by atoms with Gasteiger partial charge in [0.05, 0.1) is 0 Å². The van der Waals surface area contributed by atoms with Gasteiger partial charge in [-0.2, -0.15) is 5.10 Å². The Morgan fingerprint density at radius 3 is 2.50 bits per heavy atom. The van der Waals surface area contributed by atoms with E-state index in [1.165, 1.54) is 12.1 Å². The van der Waals surface area contributed by atoms with Crippen LogP contribution in [0.15, 0.2) is 30.3 Å². The molecule has 0 radical (unpaired) electrons. The van der Waals surface area contributed by atoms with Crippen LogP contribution in [0.5, 0.6) is 0 Å². The van der Waals surface area contributed by atoms with Crippen LogP contribution >= 0.6 is 0 Å². The SMILES string of the molecule is Cc1cc(Nc2nc(/C=C/c3ccc(F)cc3)nc(N3CCN(C)CC3)c2N)n[nH]1. The van der Waals surface area contributed by atoms with E-state index in [0.717, 1.165) is 37.4 Å². The molecule has 1 aliphatic rings. The average molecular weight is 408 g/mol. The normalized spacial score (nSPS) is 15.1. The molecule has 1 saturated heterocycles. The van der Waals surface area contributed by atoms with Crippen LogP contribution in [0.1, 0.15) is 17.1 Å². The molecule has 30 heavy (non-hydrogen) atoms. The number of hydrogen-bond acceptors (Lipinski definition) is 7. The number of aromatic amines is 1. The van der Waals surface area contributed by atoms with E-state index in [9.17, 15) is 4.39 Å². The highest BCUT2D eigenvalue weighted by molar-refractivity contribution is 5.80. The van der Waals surface area contributed by atoms with Crippen molar-refractivity contribution in [3.8, 4) is 0 Å². The molecule has 8 nitrogen and oxygen atoms in total. The van der Waals surface area contributed by atoms with Gasteiger partial charge in [-0.1, -0.05) is 18.2 Å². The molecule has 4 rings (SSSR count). The zero-order chi connectivity index (χ0) is 21.1. The maximum atomic E-state index is 13.2. The molecule has 0 spiro atoms. The number of hydrogen-bond donors (Lipinski definition) is 3. The van der Waals surface area contributed by atoms with E-state index < -0.39 is 0 Å². The summed E-state index contributed by atoms with van der Waals surface area (Å²) in [5.41, 5.74) is 8.72. The number of nitrogens with one attached hydrogen (secondary N) is 2. The Bertz CT molecular complexity index is 1040. The lowest BCUT2D eigenvalue weighted by atomic mass is 10.2. The van der Waals surface area contributed by atoms with Gasteiger partial charge in [0, 0.05) is 37.9 Å². The number of piperazine rings is 1. The van der Waals surface area contributed by atoms with Gasteiger partial charge in [-0.15, -0.1) is 0 Å². The highest BCUT2D eigenvalue weighted by Crippen LogP contribution is 2.30. The minimum atomic E-state index is -0.269. The lowest BCUT2D eigenvalue weighted by Gasteiger charge is -2.34. The van der Waals surface area contributed by atoms with Gasteiger partial charge in [-0.25, -0.2) is 14.4 Å². The molecular weight excluding hydrogens is 383 g/mol. The Balaban J connectivity index is 1.68. The lowest BCUT2D eigenvalue weighted by molar-refractivity contribution is 0.312. The monoisotopic (exact) mass is 408 g/mol. The molecule has 3 aromatic rings. The van der Waals surface area contributed by atoms with E-state index in [1.807, 2.05) is 19.1 Å². The van der Waals surface area contributed by atoms with E-state index in [2.05, 4.69) is 37.3 Å². The van der Waals surface area contributed by atoms with Crippen molar-refractivity contribution in [2.75, 3.05) is 49.2 Å². The fourth-order valence-corrected chi connectivity index (χ4v) is 3.25. The number of nitrogens with two attached hydrogens (primary N) is 1. The quantitative estimate of drug-likeness (QED) is 0.597. The predicted octanol–water partition coefficient (Wildman–Crippen LogP) is 2.90. The number of benzene rings is 1. The molecule has 0 saturated carbocycles. The molecular formula is C21H25FN8. The summed E-state index contributed by atoms with van der Waals surface area (Å²) in [4.78, 5) is 13.7. The lowest BCUT2D eigenvalue weighted by Crippen LogP contribution is -2.45. The second kappa shape index (κ2) is 8.50. The third-order valence-corrected chi connectivity index (χ3v) is 4.99. The third-order valence-electron chi connectivity index (χ3n) is 4.99. The number of aryl methyl sites for hydroxylation is 1. The molecule has 0 atom stereocenters. The van der Waals surface area contributed by atoms with Crippen LogP contribution in [-0.2, 0) is 0 Å². The van der Waals surface area contributed by atoms with Gasteiger partial charge in [0.1, 0.15) is 11.5 Å². The minimum Gasteiger partial charge on any atom is -0.393 e. The van der Waals surface area contributed by atoms with Crippen molar-refractivity contribution in [2.45, 2.75) is 6.92 Å². The number of aromatic nitrogens is 4. The van der Waals surface area contributed by atoms with Crippen molar-refractivity contribution < 1.29 is 4.39 Å². The van der Waals surface area contributed by atoms with Gasteiger partial charge in [0.25, 0.3) is 0 Å². The van der Waals surface area contributed by atoms with Crippen LogP contribution in [0.25, 0.3) is 12.2 Å². The van der Waals surface area contributed by atoms with Gasteiger partial charge in [-0.3, -0.25) is 5.10 Å². The predicted molar refractivity (Wildman–Crippen MR) is 118 cm³/mol. The van der Waals surface area contributed by atoms with Crippen molar-refractivity contribution in [1.82, 2.24) is 25.1 Å². The van der Waals surface area contributed by atoms with Crippen molar-refractivity contribution in [2.24, 2.45) is 0 Å². The van der Waals surface area contributed by atoms with Gasteiger partial charge in [-0.05, 0) is 37.7 Å². The zero-order valence-corrected chi connectivity index (χ0v) is 17.1. The van der Waals surface area contributed by atoms with E-state index in [1.54, 1.807) is 18.2 Å². The molecule has 4 N–H and O–H groups in total. The average Bonchev–Trinajstić information content (AvgIpc) is 3.15. The fraction of sp³-hybridized carbons (Fsp3) is 0.286. The van der Waals surface area contributed by atoms with Crippen molar-refractivity contribution in [1.29, 1.82) is 0 Å². The van der Waals surface area contributed by atoms with Crippen molar-refractivity contribution in [3.63, 3.8) is 0 Å². The number of nitrogens with zero attached hydrogens (tertiary/aromatic N) is 5. The van der Waals surface area contributed by atoms with Gasteiger partial charge >= 0.3 is 0 Å². The molecule has 3 heterocycles. The number of H-pyrrole nitrogens is 1. The van der Waals surface area contributed by atoms with Crippen LogP contribution in [0, 0.1) is 12.7 Å². The Morgan fingerprint density at radius 2 is 1.83 bits per heavy atom. The molecule has 0 bridgehead atoms. The molecule has 1 fully saturated rings. The summed E-state index contributed by atoms with van der Waals surface area (Å²) in [6.45, 7) is 5.46. The highest BCUT2D eigenvalue weighted by atomic mass is 19.1. The highest BCUT2D eigenvalue weighted by Gasteiger charge is 2.21. The third kappa shape index (κ3) is 4.57. The van der Waals surface area contributed by atoms with E-state index >= 15 is 0 Å². The molecule has 1 aliphatic heterocycles. The zero-order valence-electron chi connectivity index (χ0n) is 17.1. The first kappa shape index (κ1) is 19.8. The Kier molecular flexibility index (Phi) is 5.62. The Morgan fingerprint density at radius 1 is 1.10 bits per heavy atom. The summed E-state index contributed by atoms with van der Waals surface area (Å²) in [5, 5.41) is 10.3. The van der Waals surface area contributed by atoms with Crippen LogP contribution in [0.3, 0.4) is 0 Å². The minimum absolute atomic E-state index is 0.269. The standard InChI is InChI=1S/C21H25FN8/c1-14-13-18(28-27-14)25-20-19(23)21(30-11-9-29(2)10-12-30)26-17(24-20)8-5-15-3-6-16(22)7-4-15/h3-8,13H,9-12,23H2,1-2H3,(H2,24,25,26,27,28)/b8-5+. The molecule has 0 aliphatic carbocycles. The largest absolute Gasteiger partial charge is 0.393 e. The Hall–Kier alpha value is -3.46. The maximum Gasteiger partial charge on any atom is 0.161 e. The van der Waals surface area contributed by atoms with Gasteiger partial charge in [0.2, 0.25) is 0 Å². The van der Waals surface area contributed by atoms with Crippen LogP contribution in [0.4, 0.5) is 27.5 Å². The molecule has 2 aromatic heterocycles. The number of anilines is 4. The summed E-state index contributed by atoms with van der Waals surface area (Å²) in [7, 11) is 2.10. The summed E-state index contributed by atoms with van der Waals surface area (Å²) < 4.78 is 13.2. The number of halogens is 1. The van der Waals surface area contributed by atoms with E-state index in [-0.39, 0.29) is 5.82 Å². The van der Waals surface area contributed by atoms with E-state index in [0.29, 0.717) is 29.0 Å². The summed E-state index contributed by atoms with van der Waals surface area (Å²) >= 11 is 0. The van der Waals surface area contributed by atoms with Crippen molar-refractivity contribution >= 4 is 35.3 Å². The maximum absolute atomic E-state index is 13.2. The topological polar surface area (TPSA) is 99.0 Å². The summed E-state index contributed by atoms with van der Waals surface area (Å²) in [6.07, 6.45) is 3.65. The number of nitrogen functional groups attached to an aromatic ring is 1. The van der Waals surface area contributed by atoms with E-state index in [4.69, 9.17) is 10.7 Å². The number of likely N-dealkylation sites (N-methyl/N-ethyl adjacent to an activating group) is 1. The Labute approximate surface area is 174 Å². The van der Waals surface area contributed by atoms with Gasteiger partial charge in [0.15, 0.2) is 23.3 Å². The fourth-order valence-electron chi connectivity index (χ4n) is 3.25. The van der Waals surface area contributed by atoms with Gasteiger partial charge < -0.3 is 20.9 Å². The summed E-state index contributed by atoms with van der Waals surface area (Å²) in [5.74, 6) is 2.08. The van der Waals surface area contributed by atoms with Crippen molar-refractivity contribution in [3.05, 3.63) is 53.2 Å². The molecule has 9 heteroatoms. The second-order valence-corrected chi connectivity index (χ2v) is 7.40. The van der Waals surface area contributed by atoms with Crippen LogP contribution in [0.2, 0.25) is 0 Å².